The number of non-ortho nitro benzene ring substituents is 1. The molecule has 0 spiro atoms. The number of hydrogen-bond acceptors (Lipinski definition) is 5. The van der Waals surface area contributed by atoms with Crippen molar-refractivity contribution >= 4 is 40.1 Å². The Morgan fingerprint density at radius 1 is 1.32 bits per heavy atom. The summed E-state index contributed by atoms with van der Waals surface area (Å²) < 4.78 is 0. The number of imidazole rings is 1. The lowest BCUT2D eigenvalue weighted by molar-refractivity contribution is -0.384. The van der Waals surface area contributed by atoms with E-state index in [1.807, 2.05) is 25.1 Å². The fraction of sp³-hybridized carbons (Fsp3) is 0.176. The number of nitro benzene ring substituents is 1. The van der Waals surface area contributed by atoms with E-state index in [1.54, 1.807) is 13.0 Å². The molecule has 0 radical (unpaired) electrons. The SMILES string of the molecule is Cc1ccc2nc(S[C@@H](C)C(=O)Nc3cccc([N+](=O)[O-])c3)[nH]c2c1. The molecule has 0 aliphatic rings. The highest BCUT2D eigenvalue weighted by Crippen LogP contribution is 2.25. The van der Waals surface area contributed by atoms with Gasteiger partial charge in [-0.2, -0.15) is 0 Å². The molecule has 25 heavy (non-hydrogen) atoms. The minimum atomic E-state index is -0.496. The Hall–Kier alpha value is -2.87. The minimum Gasteiger partial charge on any atom is -0.333 e. The molecular weight excluding hydrogens is 340 g/mol. The lowest BCUT2D eigenvalue weighted by atomic mass is 10.2. The van der Waals surface area contributed by atoms with Gasteiger partial charge in [0.25, 0.3) is 5.69 Å². The van der Waals surface area contributed by atoms with Crippen molar-refractivity contribution in [1.29, 1.82) is 0 Å². The van der Waals surface area contributed by atoms with Gasteiger partial charge >= 0.3 is 0 Å². The van der Waals surface area contributed by atoms with E-state index in [9.17, 15) is 14.9 Å². The maximum atomic E-state index is 12.3. The number of aromatic nitrogens is 2. The molecule has 3 rings (SSSR count). The van der Waals surface area contributed by atoms with Gasteiger partial charge < -0.3 is 10.3 Å². The molecule has 0 bridgehead atoms. The van der Waals surface area contributed by atoms with Gasteiger partial charge in [-0.25, -0.2) is 4.98 Å². The summed E-state index contributed by atoms with van der Waals surface area (Å²) in [5.41, 5.74) is 3.23. The zero-order chi connectivity index (χ0) is 18.0. The number of nitrogens with zero attached hydrogens (tertiary/aromatic N) is 2. The Morgan fingerprint density at radius 2 is 2.12 bits per heavy atom. The first-order chi connectivity index (χ1) is 11.9. The highest BCUT2D eigenvalue weighted by atomic mass is 32.2. The van der Waals surface area contributed by atoms with Gasteiger partial charge in [0.2, 0.25) is 5.91 Å². The molecule has 7 nitrogen and oxygen atoms in total. The van der Waals surface area contributed by atoms with Crippen LogP contribution in [-0.4, -0.2) is 26.0 Å². The number of rotatable bonds is 5. The summed E-state index contributed by atoms with van der Waals surface area (Å²) in [7, 11) is 0. The number of hydrogen-bond donors (Lipinski definition) is 2. The Balaban J connectivity index is 1.69. The molecule has 1 atom stereocenters. The maximum absolute atomic E-state index is 12.3. The molecule has 3 aromatic rings. The number of carbonyl (C=O) groups excluding carboxylic acids is 1. The standard InChI is InChI=1S/C17H16N4O3S/c1-10-6-7-14-15(8-10)20-17(19-14)25-11(2)16(22)18-12-4-3-5-13(9-12)21(23)24/h3-9,11H,1-2H3,(H,18,22)(H,19,20)/t11-/m0/s1. The van der Waals surface area contributed by atoms with Crippen molar-refractivity contribution < 1.29 is 9.72 Å². The molecule has 1 heterocycles. The van der Waals surface area contributed by atoms with Crippen molar-refractivity contribution in [3.63, 3.8) is 0 Å². The molecule has 1 amide bonds. The van der Waals surface area contributed by atoms with Gasteiger partial charge in [-0.3, -0.25) is 14.9 Å². The fourth-order valence-corrected chi connectivity index (χ4v) is 3.14. The summed E-state index contributed by atoms with van der Waals surface area (Å²) in [5.74, 6) is -0.248. The van der Waals surface area contributed by atoms with Gasteiger partial charge in [0, 0.05) is 17.8 Å². The van der Waals surface area contributed by atoms with Gasteiger partial charge in [-0.1, -0.05) is 23.9 Å². The Labute approximate surface area is 148 Å². The molecule has 0 saturated heterocycles. The topological polar surface area (TPSA) is 101 Å². The number of aryl methyl sites for hydroxylation is 1. The van der Waals surface area contributed by atoms with Crippen molar-refractivity contribution in [2.24, 2.45) is 0 Å². The summed E-state index contributed by atoms with van der Waals surface area (Å²) in [4.78, 5) is 30.3. The molecule has 0 aliphatic heterocycles. The summed E-state index contributed by atoms with van der Waals surface area (Å²) >= 11 is 1.30. The van der Waals surface area contributed by atoms with E-state index in [1.165, 1.54) is 30.0 Å². The molecule has 2 aromatic carbocycles. The van der Waals surface area contributed by atoms with E-state index in [0.717, 1.165) is 16.6 Å². The van der Waals surface area contributed by atoms with Crippen LogP contribution in [0.2, 0.25) is 0 Å². The first kappa shape index (κ1) is 17.0. The second kappa shape index (κ2) is 6.94. The molecule has 128 valence electrons. The van der Waals surface area contributed by atoms with Crippen molar-refractivity contribution in [1.82, 2.24) is 9.97 Å². The highest BCUT2D eigenvalue weighted by Gasteiger charge is 2.17. The summed E-state index contributed by atoms with van der Waals surface area (Å²) in [6.45, 7) is 3.76. The number of anilines is 1. The smallest absolute Gasteiger partial charge is 0.271 e. The Bertz CT molecular complexity index is 954. The van der Waals surface area contributed by atoms with Gasteiger partial charge in [0.1, 0.15) is 0 Å². The molecule has 0 saturated carbocycles. The lowest BCUT2D eigenvalue weighted by Crippen LogP contribution is -2.22. The number of fused-ring (bicyclic) bond motifs is 1. The molecule has 0 fully saturated rings. The summed E-state index contributed by atoms with van der Waals surface area (Å²) in [6.07, 6.45) is 0. The van der Waals surface area contributed by atoms with Crippen molar-refractivity contribution in [3.05, 3.63) is 58.1 Å². The molecular formula is C17H16N4O3S. The van der Waals surface area contributed by atoms with Gasteiger partial charge in [-0.05, 0) is 37.6 Å². The molecule has 0 aliphatic carbocycles. The third-order valence-corrected chi connectivity index (χ3v) is 4.58. The van der Waals surface area contributed by atoms with Crippen LogP contribution >= 0.6 is 11.8 Å². The quantitative estimate of drug-likeness (QED) is 0.410. The van der Waals surface area contributed by atoms with E-state index in [0.29, 0.717) is 10.8 Å². The average molecular weight is 356 g/mol. The molecule has 8 heteroatoms. The first-order valence-electron chi connectivity index (χ1n) is 7.61. The first-order valence-corrected chi connectivity index (χ1v) is 8.48. The second-order valence-electron chi connectivity index (χ2n) is 5.62. The van der Waals surface area contributed by atoms with Gasteiger partial charge in [0.05, 0.1) is 21.2 Å². The van der Waals surface area contributed by atoms with Crippen LogP contribution in [0.5, 0.6) is 0 Å². The van der Waals surface area contributed by atoms with Crippen LogP contribution in [0.15, 0.2) is 47.6 Å². The number of nitro groups is 1. The van der Waals surface area contributed by atoms with Crippen LogP contribution < -0.4 is 5.32 Å². The zero-order valence-corrected chi connectivity index (χ0v) is 14.5. The second-order valence-corrected chi connectivity index (χ2v) is 6.95. The van der Waals surface area contributed by atoms with Gasteiger partial charge in [-0.15, -0.1) is 0 Å². The predicted molar refractivity (Wildman–Crippen MR) is 97.9 cm³/mol. The highest BCUT2D eigenvalue weighted by molar-refractivity contribution is 8.00. The summed E-state index contributed by atoms with van der Waals surface area (Å²) in [6, 6.07) is 11.8. The number of benzene rings is 2. The monoisotopic (exact) mass is 356 g/mol. The van der Waals surface area contributed by atoms with E-state index < -0.39 is 10.2 Å². The van der Waals surface area contributed by atoms with Crippen LogP contribution in [0, 0.1) is 17.0 Å². The third kappa shape index (κ3) is 3.97. The summed E-state index contributed by atoms with van der Waals surface area (Å²) in [5, 5.41) is 13.7. The predicted octanol–water partition coefficient (Wildman–Crippen LogP) is 3.90. The minimum absolute atomic E-state index is 0.0641. The number of aromatic amines is 1. The van der Waals surface area contributed by atoms with Crippen LogP contribution in [0.25, 0.3) is 11.0 Å². The van der Waals surface area contributed by atoms with Crippen molar-refractivity contribution in [3.8, 4) is 0 Å². The van der Waals surface area contributed by atoms with Crippen LogP contribution in [0.3, 0.4) is 0 Å². The third-order valence-electron chi connectivity index (χ3n) is 3.60. The van der Waals surface area contributed by atoms with Crippen molar-refractivity contribution in [2.75, 3.05) is 5.32 Å². The van der Waals surface area contributed by atoms with E-state index in [-0.39, 0.29) is 11.6 Å². The Morgan fingerprint density at radius 3 is 2.88 bits per heavy atom. The van der Waals surface area contributed by atoms with E-state index in [4.69, 9.17) is 0 Å². The number of carbonyl (C=O) groups is 1. The van der Waals surface area contributed by atoms with E-state index >= 15 is 0 Å². The van der Waals surface area contributed by atoms with E-state index in [2.05, 4.69) is 15.3 Å². The zero-order valence-electron chi connectivity index (χ0n) is 13.6. The Kier molecular flexibility index (Phi) is 4.71. The number of amides is 1. The van der Waals surface area contributed by atoms with Crippen LogP contribution in [-0.2, 0) is 4.79 Å². The maximum Gasteiger partial charge on any atom is 0.271 e. The number of H-pyrrole nitrogens is 1. The van der Waals surface area contributed by atoms with Crippen molar-refractivity contribution in [2.45, 2.75) is 24.3 Å². The molecule has 1 aromatic heterocycles. The normalized spacial score (nSPS) is 12.1. The molecule has 0 unspecified atom stereocenters. The number of thioether (sulfide) groups is 1. The van der Waals surface area contributed by atoms with Gasteiger partial charge in [0.15, 0.2) is 5.16 Å². The molecule has 2 N–H and O–H groups in total. The van der Waals surface area contributed by atoms with Crippen LogP contribution in [0.1, 0.15) is 12.5 Å². The fourth-order valence-electron chi connectivity index (χ4n) is 2.32. The average Bonchev–Trinajstić information content (AvgIpc) is 2.96. The number of nitrogens with one attached hydrogen (secondary N) is 2. The van der Waals surface area contributed by atoms with Crippen LogP contribution in [0.4, 0.5) is 11.4 Å². The largest absolute Gasteiger partial charge is 0.333 e. The lowest BCUT2D eigenvalue weighted by Gasteiger charge is -2.10.